The van der Waals surface area contributed by atoms with E-state index >= 15 is 0 Å². The number of fused-ring (bicyclic) bond motifs is 1. The molecule has 0 spiro atoms. The molecule has 140 valence electrons. The van der Waals surface area contributed by atoms with Crippen LogP contribution < -0.4 is 10.2 Å². The highest BCUT2D eigenvalue weighted by Gasteiger charge is 2.23. The zero-order valence-electron chi connectivity index (χ0n) is 15.8. The van der Waals surface area contributed by atoms with Gasteiger partial charge in [0.1, 0.15) is 0 Å². The van der Waals surface area contributed by atoms with E-state index in [1.54, 1.807) is 24.3 Å². The molecule has 2 amide bonds. The molecule has 0 aromatic heterocycles. The van der Waals surface area contributed by atoms with E-state index in [9.17, 15) is 9.59 Å². The molecule has 4 nitrogen and oxygen atoms in total. The second-order valence-corrected chi connectivity index (χ2v) is 7.09. The summed E-state index contributed by atoms with van der Waals surface area (Å²) < 4.78 is 0. The summed E-state index contributed by atoms with van der Waals surface area (Å²) in [5.41, 5.74) is 5.19. The number of nitrogens with zero attached hydrogens (tertiary/aromatic N) is 1. The summed E-state index contributed by atoms with van der Waals surface area (Å²) in [7, 11) is 0. The highest BCUT2D eigenvalue weighted by Crippen LogP contribution is 2.28. The first-order valence-electron chi connectivity index (χ1n) is 9.50. The van der Waals surface area contributed by atoms with Crippen LogP contribution in [0.2, 0.25) is 0 Å². The minimum atomic E-state index is -0.189. The number of carbonyl (C=O) groups is 2. The summed E-state index contributed by atoms with van der Waals surface area (Å²) in [6, 6.07) is 22.5. The van der Waals surface area contributed by atoms with Crippen LogP contribution in [0.1, 0.15) is 38.3 Å². The van der Waals surface area contributed by atoms with Gasteiger partial charge in [0.05, 0.1) is 0 Å². The summed E-state index contributed by atoms with van der Waals surface area (Å²) >= 11 is 0. The van der Waals surface area contributed by atoms with E-state index in [1.165, 1.54) is 5.56 Å². The van der Waals surface area contributed by atoms with Gasteiger partial charge in [-0.15, -0.1) is 0 Å². The standard InChI is InChI=1S/C24H22N2O2/c1-17-8-14-21(15-9-17)25-23(27)19-10-12-20(13-11-19)24(28)26-16-4-6-18-5-2-3-7-22(18)26/h2-3,5,7-15H,4,6,16H2,1H3,(H,25,27). The first-order chi connectivity index (χ1) is 13.6. The SMILES string of the molecule is Cc1ccc(NC(=O)c2ccc(C(=O)N3CCCc4ccccc43)cc2)cc1. The average molecular weight is 370 g/mol. The molecule has 0 bridgehead atoms. The predicted molar refractivity (Wildman–Crippen MR) is 112 cm³/mol. The Bertz CT molecular complexity index is 1010. The van der Waals surface area contributed by atoms with E-state index in [0.717, 1.165) is 29.8 Å². The Morgan fingerprint density at radius 3 is 2.29 bits per heavy atom. The van der Waals surface area contributed by atoms with Crippen LogP contribution in [-0.4, -0.2) is 18.4 Å². The summed E-state index contributed by atoms with van der Waals surface area (Å²) in [4.78, 5) is 27.3. The van der Waals surface area contributed by atoms with Crippen molar-refractivity contribution in [2.75, 3.05) is 16.8 Å². The quantitative estimate of drug-likeness (QED) is 0.717. The Balaban J connectivity index is 1.49. The number of hydrogen-bond donors (Lipinski definition) is 1. The normalized spacial score (nSPS) is 13.0. The van der Waals surface area contributed by atoms with E-state index in [0.29, 0.717) is 17.7 Å². The van der Waals surface area contributed by atoms with Crippen LogP contribution in [0.4, 0.5) is 11.4 Å². The molecule has 0 unspecified atom stereocenters. The van der Waals surface area contributed by atoms with Crippen LogP contribution in [-0.2, 0) is 6.42 Å². The molecule has 4 heteroatoms. The lowest BCUT2D eigenvalue weighted by atomic mass is 10.0. The molecule has 0 radical (unpaired) electrons. The van der Waals surface area contributed by atoms with Crippen molar-refractivity contribution in [2.24, 2.45) is 0 Å². The van der Waals surface area contributed by atoms with Gasteiger partial charge < -0.3 is 10.2 Å². The van der Waals surface area contributed by atoms with Gasteiger partial charge >= 0.3 is 0 Å². The fourth-order valence-corrected chi connectivity index (χ4v) is 3.50. The third-order valence-electron chi connectivity index (χ3n) is 5.06. The van der Waals surface area contributed by atoms with Gasteiger partial charge in [0, 0.05) is 29.0 Å². The van der Waals surface area contributed by atoms with Crippen molar-refractivity contribution in [3.63, 3.8) is 0 Å². The third kappa shape index (κ3) is 3.67. The zero-order chi connectivity index (χ0) is 19.5. The summed E-state index contributed by atoms with van der Waals surface area (Å²) in [5.74, 6) is -0.219. The molecule has 0 atom stereocenters. The molecule has 0 aliphatic carbocycles. The van der Waals surface area contributed by atoms with Crippen LogP contribution in [0.25, 0.3) is 0 Å². The maximum atomic E-state index is 13.0. The van der Waals surface area contributed by atoms with Crippen LogP contribution in [0, 0.1) is 6.92 Å². The van der Waals surface area contributed by atoms with Crippen molar-refractivity contribution >= 4 is 23.2 Å². The van der Waals surface area contributed by atoms with Gasteiger partial charge in [0.2, 0.25) is 0 Å². The fourth-order valence-electron chi connectivity index (χ4n) is 3.50. The highest BCUT2D eigenvalue weighted by molar-refractivity contribution is 6.08. The van der Waals surface area contributed by atoms with Crippen LogP contribution in [0.3, 0.4) is 0 Å². The van der Waals surface area contributed by atoms with Crippen molar-refractivity contribution < 1.29 is 9.59 Å². The average Bonchev–Trinajstić information content (AvgIpc) is 2.74. The van der Waals surface area contributed by atoms with Crippen LogP contribution in [0.15, 0.2) is 72.8 Å². The van der Waals surface area contributed by atoms with E-state index in [1.807, 2.05) is 54.3 Å². The molecule has 1 heterocycles. The Morgan fingerprint density at radius 1 is 0.857 bits per heavy atom. The van der Waals surface area contributed by atoms with Gasteiger partial charge in [0.15, 0.2) is 0 Å². The lowest BCUT2D eigenvalue weighted by Crippen LogP contribution is -2.35. The first-order valence-corrected chi connectivity index (χ1v) is 9.50. The summed E-state index contributed by atoms with van der Waals surface area (Å²) in [5, 5.41) is 2.88. The second kappa shape index (κ2) is 7.69. The summed E-state index contributed by atoms with van der Waals surface area (Å²) in [6.45, 7) is 2.72. The molecule has 0 saturated carbocycles. The Labute approximate surface area is 164 Å². The number of hydrogen-bond acceptors (Lipinski definition) is 2. The molecular weight excluding hydrogens is 348 g/mol. The number of rotatable bonds is 3. The van der Waals surface area contributed by atoms with E-state index < -0.39 is 0 Å². The number of nitrogens with one attached hydrogen (secondary N) is 1. The van der Waals surface area contributed by atoms with Crippen LogP contribution >= 0.6 is 0 Å². The first kappa shape index (κ1) is 18.0. The molecule has 4 rings (SSSR count). The van der Waals surface area contributed by atoms with Crippen molar-refractivity contribution in [1.29, 1.82) is 0 Å². The van der Waals surface area contributed by atoms with Crippen molar-refractivity contribution in [3.8, 4) is 0 Å². The fraction of sp³-hybridized carbons (Fsp3) is 0.167. The molecule has 1 N–H and O–H groups in total. The van der Waals surface area contributed by atoms with Crippen LogP contribution in [0.5, 0.6) is 0 Å². The number of anilines is 2. The van der Waals surface area contributed by atoms with Crippen molar-refractivity contribution in [2.45, 2.75) is 19.8 Å². The monoisotopic (exact) mass is 370 g/mol. The van der Waals surface area contributed by atoms with Gasteiger partial charge in [0.25, 0.3) is 11.8 Å². The predicted octanol–water partition coefficient (Wildman–Crippen LogP) is 4.84. The molecule has 3 aromatic carbocycles. The number of aryl methyl sites for hydroxylation is 2. The van der Waals surface area contributed by atoms with Crippen molar-refractivity contribution in [3.05, 3.63) is 95.1 Å². The summed E-state index contributed by atoms with van der Waals surface area (Å²) in [6.07, 6.45) is 1.96. The Morgan fingerprint density at radius 2 is 1.54 bits per heavy atom. The lowest BCUT2D eigenvalue weighted by Gasteiger charge is -2.29. The van der Waals surface area contributed by atoms with E-state index in [-0.39, 0.29) is 11.8 Å². The third-order valence-corrected chi connectivity index (χ3v) is 5.06. The minimum Gasteiger partial charge on any atom is -0.322 e. The highest BCUT2D eigenvalue weighted by atomic mass is 16.2. The topological polar surface area (TPSA) is 49.4 Å². The molecule has 0 fully saturated rings. The zero-order valence-corrected chi connectivity index (χ0v) is 15.8. The number of amides is 2. The lowest BCUT2D eigenvalue weighted by molar-refractivity contribution is 0.0982. The second-order valence-electron chi connectivity index (χ2n) is 7.09. The number of benzene rings is 3. The molecule has 3 aromatic rings. The van der Waals surface area contributed by atoms with E-state index in [2.05, 4.69) is 11.4 Å². The van der Waals surface area contributed by atoms with E-state index in [4.69, 9.17) is 0 Å². The molecule has 1 aliphatic heterocycles. The molecular formula is C24H22N2O2. The number of para-hydroxylation sites is 1. The van der Waals surface area contributed by atoms with Gasteiger partial charge in [-0.3, -0.25) is 9.59 Å². The Kier molecular flexibility index (Phi) is 4.94. The molecule has 28 heavy (non-hydrogen) atoms. The smallest absolute Gasteiger partial charge is 0.258 e. The van der Waals surface area contributed by atoms with Gasteiger partial charge in [-0.1, -0.05) is 35.9 Å². The van der Waals surface area contributed by atoms with Gasteiger partial charge in [-0.05, 0) is 67.8 Å². The minimum absolute atomic E-state index is 0.0300. The largest absolute Gasteiger partial charge is 0.322 e. The molecule has 1 aliphatic rings. The number of carbonyl (C=O) groups excluding carboxylic acids is 2. The maximum absolute atomic E-state index is 13.0. The molecule has 0 saturated heterocycles. The van der Waals surface area contributed by atoms with Gasteiger partial charge in [-0.25, -0.2) is 0 Å². The Hall–Kier alpha value is -3.40. The maximum Gasteiger partial charge on any atom is 0.258 e. The van der Waals surface area contributed by atoms with Gasteiger partial charge in [-0.2, -0.15) is 0 Å². The van der Waals surface area contributed by atoms with Crippen molar-refractivity contribution in [1.82, 2.24) is 0 Å².